The third-order valence-electron chi connectivity index (χ3n) is 2.71. The number of nitrogens with zero attached hydrogens (tertiary/aromatic N) is 4. The molecule has 0 saturated carbocycles. The van der Waals surface area contributed by atoms with Gasteiger partial charge in [0.15, 0.2) is 0 Å². The highest BCUT2D eigenvalue weighted by molar-refractivity contribution is 5.02. The standard InChI is InChI=1S/C13H19N5/c1-3-4-18-10-15-9-13(18)8-14-6-12-7-16-11(2)5-17-12/h5,7,9-10,14H,3-4,6,8H2,1-2H3. The van der Waals surface area contributed by atoms with Crippen LogP contribution in [0.1, 0.15) is 30.4 Å². The van der Waals surface area contributed by atoms with Gasteiger partial charge in [0.2, 0.25) is 0 Å². The van der Waals surface area contributed by atoms with Gasteiger partial charge in [0.1, 0.15) is 0 Å². The van der Waals surface area contributed by atoms with Gasteiger partial charge in [-0.2, -0.15) is 0 Å². The van der Waals surface area contributed by atoms with E-state index in [0.717, 1.165) is 37.4 Å². The van der Waals surface area contributed by atoms with E-state index in [4.69, 9.17) is 0 Å². The third kappa shape index (κ3) is 3.37. The number of nitrogens with one attached hydrogen (secondary N) is 1. The van der Waals surface area contributed by atoms with Crippen molar-refractivity contribution in [3.8, 4) is 0 Å². The summed E-state index contributed by atoms with van der Waals surface area (Å²) in [5.74, 6) is 0. The highest BCUT2D eigenvalue weighted by Gasteiger charge is 2.01. The Morgan fingerprint density at radius 3 is 2.78 bits per heavy atom. The van der Waals surface area contributed by atoms with Crippen molar-refractivity contribution in [2.75, 3.05) is 0 Å². The Kier molecular flexibility index (Phi) is 4.41. The molecule has 0 aliphatic rings. The van der Waals surface area contributed by atoms with E-state index < -0.39 is 0 Å². The summed E-state index contributed by atoms with van der Waals surface area (Å²) >= 11 is 0. The van der Waals surface area contributed by atoms with E-state index in [0.29, 0.717) is 0 Å². The summed E-state index contributed by atoms with van der Waals surface area (Å²) in [5.41, 5.74) is 3.11. The molecule has 5 nitrogen and oxygen atoms in total. The van der Waals surface area contributed by atoms with Gasteiger partial charge in [-0.15, -0.1) is 0 Å². The Morgan fingerprint density at radius 2 is 2.06 bits per heavy atom. The monoisotopic (exact) mass is 245 g/mol. The summed E-state index contributed by atoms with van der Waals surface area (Å²) in [6.07, 6.45) is 8.51. The molecule has 18 heavy (non-hydrogen) atoms. The average molecular weight is 245 g/mol. The lowest BCUT2D eigenvalue weighted by molar-refractivity contribution is 0.596. The first-order valence-corrected chi connectivity index (χ1v) is 6.27. The molecule has 0 fully saturated rings. The molecule has 1 N–H and O–H groups in total. The Labute approximate surface area is 107 Å². The lowest BCUT2D eigenvalue weighted by Crippen LogP contribution is -2.16. The Hall–Kier alpha value is -1.75. The van der Waals surface area contributed by atoms with Crippen molar-refractivity contribution in [1.29, 1.82) is 0 Å². The Balaban J connectivity index is 1.84. The highest BCUT2D eigenvalue weighted by Crippen LogP contribution is 2.01. The van der Waals surface area contributed by atoms with Crippen molar-refractivity contribution >= 4 is 0 Å². The van der Waals surface area contributed by atoms with Crippen LogP contribution in [0.2, 0.25) is 0 Å². The van der Waals surface area contributed by atoms with Crippen LogP contribution in [0.25, 0.3) is 0 Å². The van der Waals surface area contributed by atoms with Gasteiger partial charge in [-0.1, -0.05) is 6.92 Å². The van der Waals surface area contributed by atoms with E-state index in [1.54, 1.807) is 6.20 Å². The van der Waals surface area contributed by atoms with Crippen molar-refractivity contribution in [2.24, 2.45) is 0 Å². The first-order valence-electron chi connectivity index (χ1n) is 6.27. The maximum absolute atomic E-state index is 4.31. The van der Waals surface area contributed by atoms with Gasteiger partial charge in [0.05, 0.1) is 23.4 Å². The topological polar surface area (TPSA) is 55.6 Å². The quantitative estimate of drug-likeness (QED) is 0.841. The van der Waals surface area contributed by atoms with Gasteiger partial charge in [-0.25, -0.2) is 4.98 Å². The van der Waals surface area contributed by atoms with Crippen LogP contribution in [0.4, 0.5) is 0 Å². The number of hydrogen-bond donors (Lipinski definition) is 1. The van der Waals surface area contributed by atoms with Crippen LogP contribution in [0.3, 0.4) is 0 Å². The summed E-state index contributed by atoms with van der Waals surface area (Å²) in [6.45, 7) is 6.65. The molecule has 0 saturated heterocycles. The van der Waals surface area contributed by atoms with Crippen LogP contribution in [-0.4, -0.2) is 19.5 Å². The zero-order valence-corrected chi connectivity index (χ0v) is 10.9. The second kappa shape index (κ2) is 6.26. The molecule has 0 aromatic carbocycles. The van der Waals surface area contributed by atoms with Crippen molar-refractivity contribution in [3.05, 3.63) is 42.0 Å². The largest absolute Gasteiger partial charge is 0.333 e. The molecule has 2 aromatic heterocycles. The summed E-state index contributed by atoms with van der Waals surface area (Å²) in [6, 6.07) is 0. The van der Waals surface area contributed by atoms with Gasteiger partial charge < -0.3 is 9.88 Å². The number of aryl methyl sites for hydroxylation is 2. The minimum atomic E-state index is 0.727. The molecule has 96 valence electrons. The van der Waals surface area contributed by atoms with Crippen LogP contribution < -0.4 is 5.32 Å². The van der Waals surface area contributed by atoms with E-state index >= 15 is 0 Å². The van der Waals surface area contributed by atoms with Crippen molar-refractivity contribution in [1.82, 2.24) is 24.8 Å². The molecule has 0 spiro atoms. The van der Waals surface area contributed by atoms with Crippen molar-refractivity contribution in [2.45, 2.75) is 39.9 Å². The first kappa shape index (κ1) is 12.7. The molecule has 0 bridgehead atoms. The molecule has 0 unspecified atom stereocenters. The van der Waals surface area contributed by atoms with Crippen LogP contribution in [0.15, 0.2) is 24.9 Å². The van der Waals surface area contributed by atoms with E-state index in [2.05, 4.69) is 31.8 Å². The predicted molar refractivity (Wildman–Crippen MR) is 69.8 cm³/mol. The van der Waals surface area contributed by atoms with Crippen LogP contribution in [-0.2, 0) is 19.6 Å². The summed E-state index contributed by atoms with van der Waals surface area (Å²) in [7, 11) is 0. The van der Waals surface area contributed by atoms with Gasteiger partial charge in [-0.05, 0) is 13.3 Å². The van der Waals surface area contributed by atoms with E-state index in [-0.39, 0.29) is 0 Å². The fourth-order valence-electron chi connectivity index (χ4n) is 1.77. The zero-order valence-electron chi connectivity index (χ0n) is 10.9. The van der Waals surface area contributed by atoms with Crippen LogP contribution in [0, 0.1) is 6.92 Å². The van der Waals surface area contributed by atoms with E-state index in [9.17, 15) is 0 Å². The molecule has 2 aromatic rings. The highest BCUT2D eigenvalue weighted by atomic mass is 15.1. The lowest BCUT2D eigenvalue weighted by Gasteiger charge is -2.07. The van der Waals surface area contributed by atoms with Crippen molar-refractivity contribution in [3.63, 3.8) is 0 Å². The predicted octanol–water partition coefficient (Wildman–Crippen LogP) is 1.68. The molecule has 2 rings (SSSR count). The zero-order chi connectivity index (χ0) is 12.8. The molecule has 0 atom stereocenters. The third-order valence-corrected chi connectivity index (χ3v) is 2.71. The second-order valence-corrected chi connectivity index (χ2v) is 4.33. The van der Waals surface area contributed by atoms with Crippen molar-refractivity contribution < 1.29 is 0 Å². The molecular formula is C13H19N5. The molecule has 0 aliphatic heterocycles. The van der Waals surface area contributed by atoms with E-state index in [1.165, 1.54) is 5.69 Å². The molecular weight excluding hydrogens is 226 g/mol. The number of hydrogen-bond acceptors (Lipinski definition) is 4. The molecule has 0 amide bonds. The molecule has 5 heteroatoms. The fraction of sp³-hybridized carbons (Fsp3) is 0.462. The molecule has 2 heterocycles. The maximum Gasteiger partial charge on any atom is 0.0948 e. The van der Waals surface area contributed by atoms with Crippen LogP contribution in [0.5, 0.6) is 0 Å². The minimum Gasteiger partial charge on any atom is -0.333 e. The first-order chi connectivity index (χ1) is 8.79. The number of imidazole rings is 1. The van der Waals surface area contributed by atoms with E-state index in [1.807, 2.05) is 25.6 Å². The van der Waals surface area contributed by atoms with Crippen LogP contribution >= 0.6 is 0 Å². The smallest absolute Gasteiger partial charge is 0.0948 e. The summed E-state index contributed by atoms with van der Waals surface area (Å²) in [4.78, 5) is 12.7. The molecule has 0 radical (unpaired) electrons. The Morgan fingerprint density at radius 1 is 1.17 bits per heavy atom. The second-order valence-electron chi connectivity index (χ2n) is 4.33. The average Bonchev–Trinajstić information content (AvgIpc) is 2.80. The minimum absolute atomic E-state index is 0.727. The maximum atomic E-state index is 4.31. The summed E-state index contributed by atoms with van der Waals surface area (Å²) in [5, 5.41) is 3.36. The lowest BCUT2D eigenvalue weighted by atomic mass is 10.3. The number of rotatable bonds is 6. The SMILES string of the molecule is CCCn1cncc1CNCc1cnc(C)cn1. The van der Waals surface area contributed by atoms with Gasteiger partial charge in [0.25, 0.3) is 0 Å². The van der Waals surface area contributed by atoms with Gasteiger partial charge >= 0.3 is 0 Å². The number of aromatic nitrogens is 4. The van der Waals surface area contributed by atoms with Gasteiger partial charge in [0, 0.05) is 38.2 Å². The Bertz CT molecular complexity index is 474. The summed E-state index contributed by atoms with van der Waals surface area (Å²) < 4.78 is 2.17. The fourth-order valence-corrected chi connectivity index (χ4v) is 1.77. The normalized spacial score (nSPS) is 10.8. The van der Waals surface area contributed by atoms with Gasteiger partial charge in [-0.3, -0.25) is 9.97 Å². The molecule has 0 aliphatic carbocycles.